The number of hydrogen-bond acceptors (Lipinski definition) is 3. The molecule has 134 valence electrons. The van der Waals surface area contributed by atoms with Gasteiger partial charge in [-0.1, -0.05) is 0 Å². The minimum Gasteiger partial charge on any atom is -1.00 e. The second-order valence-electron chi connectivity index (χ2n) is 5.74. The van der Waals surface area contributed by atoms with E-state index in [1.807, 2.05) is 0 Å². The zero-order valence-corrected chi connectivity index (χ0v) is 19.1. The van der Waals surface area contributed by atoms with Gasteiger partial charge in [0.05, 0.1) is 6.16 Å². The highest BCUT2D eigenvalue weighted by Crippen LogP contribution is 2.63. The molecule has 23 heavy (non-hydrogen) atoms. The Kier molecular flexibility index (Phi) is 10.9. The van der Waals surface area contributed by atoms with Crippen LogP contribution in [0.25, 0.3) is 0 Å². The van der Waals surface area contributed by atoms with E-state index in [0.29, 0.717) is 0 Å². The average Bonchev–Trinajstić information content (AvgIpc) is 2.55. The van der Waals surface area contributed by atoms with Gasteiger partial charge in [-0.2, -0.15) is 9.34 Å². The monoisotopic (exact) mass is 451 g/mol. The normalized spacial score (nSPS) is 11.7. The Hall–Kier alpha value is 0.1000. The summed E-state index contributed by atoms with van der Waals surface area (Å²) in [5, 5.41) is 1.52. The van der Waals surface area contributed by atoms with E-state index in [9.17, 15) is 0 Å². The summed E-state index contributed by atoms with van der Waals surface area (Å²) in [7, 11) is 2.75. The van der Waals surface area contributed by atoms with E-state index in [4.69, 9.17) is 0 Å². The zero-order chi connectivity index (χ0) is 16.8. The summed E-state index contributed by atoms with van der Waals surface area (Å²) >= 11 is 0. The molecule has 0 amide bonds. The van der Waals surface area contributed by atoms with Crippen molar-refractivity contribution in [3.8, 4) is 0 Å². The van der Waals surface area contributed by atoms with Gasteiger partial charge in [0.2, 0.25) is 0 Å². The fourth-order valence-corrected chi connectivity index (χ4v) is 8.13. The Morgan fingerprint density at radius 3 is 1.39 bits per heavy atom. The molecule has 0 aromatic heterocycles. The molecule has 0 aliphatic rings. The first kappa shape index (κ1) is 23.1. The van der Waals surface area contributed by atoms with E-state index in [-0.39, 0.29) is 24.0 Å². The topological polar surface area (TPSA) is 9.72 Å². The molecule has 0 radical (unpaired) electrons. The molecule has 0 saturated heterocycles. The van der Waals surface area contributed by atoms with Gasteiger partial charge < -0.3 is 28.9 Å². The highest BCUT2D eigenvalue weighted by Gasteiger charge is 2.49. The van der Waals surface area contributed by atoms with Gasteiger partial charge in [-0.25, -0.2) is 0 Å². The molecule has 1 rings (SSSR count). The van der Waals surface area contributed by atoms with Crippen molar-refractivity contribution in [2.45, 2.75) is 34.6 Å². The maximum absolute atomic E-state index is 2.71. The number of rotatable bonds is 9. The standard InChI is InChI=1S/C18H35N3P.HI/c1-8-20(9-2)22(12-5,21(10-3)11-4)18-15-13-17(14-16-18)19(6)7;/h13-16H,8-12H2,1-7H3;1H/q+1;/p-1. The summed E-state index contributed by atoms with van der Waals surface area (Å²) in [4.78, 5) is 2.17. The van der Waals surface area contributed by atoms with Crippen LogP contribution in [-0.2, 0) is 0 Å². The summed E-state index contributed by atoms with van der Waals surface area (Å²) < 4.78 is 5.43. The fraction of sp³-hybridized carbons (Fsp3) is 0.667. The van der Waals surface area contributed by atoms with Crippen LogP contribution in [-0.4, -0.2) is 55.8 Å². The van der Waals surface area contributed by atoms with E-state index >= 15 is 0 Å². The Bertz CT molecular complexity index is 416. The molecular weight excluding hydrogens is 416 g/mol. The van der Waals surface area contributed by atoms with Crippen LogP contribution < -0.4 is 34.2 Å². The lowest BCUT2D eigenvalue weighted by molar-refractivity contribution is -0.00000516. The maximum atomic E-state index is 2.71. The molecule has 0 N–H and O–H groups in total. The largest absolute Gasteiger partial charge is 1.00 e. The van der Waals surface area contributed by atoms with Crippen molar-refractivity contribution in [2.75, 3.05) is 51.3 Å². The van der Waals surface area contributed by atoms with E-state index in [2.05, 4.69) is 87.2 Å². The highest BCUT2D eigenvalue weighted by atomic mass is 127. The van der Waals surface area contributed by atoms with Gasteiger partial charge in [0.25, 0.3) is 0 Å². The molecule has 0 saturated carbocycles. The fourth-order valence-electron chi connectivity index (χ4n) is 3.46. The van der Waals surface area contributed by atoms with Gasteiger partial charge in [-0.05, 0) is 58.9 Å². The van der Waals surface area contributed by atoms with Crippen LogP contribution in [0.5, 0.6) is 0 Å². The molecule has 0 fully saturated rings. The van der Waals surface area contributed by atoms with Crippen LogP contribution in [0.1, 0.15) is 34.6 Å². The third kappa shape index (κ3) is 4.81. The molecule has 1 aromatic carbocycles. The summed E-state index contributed by atoms with van der Waals surface area (Å²) in [5.41, 5.74) is 1.28. The van der Waals surface area contributed by atoms with Crippen LogP contribution in [0.2, 0.25) is 0 Å². The van der Waals surface area contributed by atoms with Crippen molar-refractivity contribution in [1.29, 1.82) is 0 Å². The Morgan fingerprint density at radius 2 is 1.13 bits per heavy atom. The van der Waals surface area contributed by atoms with Crippen LogP contribution in [0.3, 0.4) is 0 Å². The van der Waals surface area contributed by atoms with Gasteiger partial charge in [0.15, 0.2) is 7.56 Å². The Balaban J connectivity index is 0.00000484. The molecule has 5 heteroatoms. The maximum Gasteiger partial charge on any atom is 0.185 e. The number of nitrogens with zero attached hydrogens (tertiary/aromatic N) is 3. The molecule has 0 aliphatic carbocycles. The number of anilines is 1. The first-order valence-electron chi connectivity index (χ1n) is 8.68. The van der Waals surface area contributed by atoms with Crippen LogP contribution in [0, 0.1) is 0 Å². The van der Waals surface area contributed by atoms with Crippen molar-refractivity contribution < 1.29 is 24.0 Å². The summed E-state index contributed by atoms with van der Waals surface area (Å²) in [6.07, 6.45) is 1.21. The second kappa shape index (κ2) is 10.9. The van der Waals surface area contributed by atoms with Gasteiger partial charge in [0, 0.05) is 46.0 Å². The predicted octanol–water partition coefficient (Wildman–Crippen LogP) is 0.933. The van der Waals surface area contributed by atoms with Crippen molar-refractivity contribution >= 4 is 18.6 Å². The number of halogens is 1. The second-order valence-corrected chi connectivity index (χ2v) is 9.48. The highest BCUT2D eigenvalue weighted by molar-refractivity contribution is 7.78. The van der Waals surface area contributed by atoms with Gasteiger partial charge in [-0.3, -0.25) is 0 Å². The van der Waals surface area contributed by atoms with Crippen molar-refractivity contribution in [1.82, 2.24) is 9.34 Å². The lowest BCUT2D eigenvalue weighted by Crippen LogP contribution is -3.00. The van der Waals surface area contributed by atoms with Gasteiger partial charge in [0.1, 0.15) is 5.30 Å². The summed E-state index contributed by atoms with van der Waals surface area (Å²) in [5.74, 6) is 0. The van der Waals surface area contributed by atoms with Crippen LogP contribution in [0.4, 0.5) is 5.69 Å². The molecule has 0 aliphatic heterocycles. The number of benzene rings is 1. The zero-order valence-electron chi connectivity index (χ0n) is 16.0. The molecular formula is C18H35IN3P. The van der Waals surface area contributed by atoms with E-state index in [0.717, 1.165) is 26.2 Å². The third-order valence-corrected chi connectivity index (χ3v) is 9.63. The molecule has 0 unspecified atom stereocenters. The molecule has 1 aromatic rings. The SMILES string of the molecule is CCN(CC)[P+](CC)(c1ccc(N(C)C)cc1)N(CC)CC.[I-]. The minimum absolute atomic E-state index is 0. The molecule has 0 atom stereocenters. The summed E-state index contributed by atoms with van der Waals surface area (Å²) in [6, 6.07) is 9.27. The lowest BCUT2D eigenvalue weighted by atomic mass is 10.3. The van der Waals surface area contributed by atoms with E-state index in [1.54, 1.807) is 0 Å². The average molecular weight is 451 g/mol. The van der Waals surface area contributed by atoms with Crippen LogP contribution >= 0.6 is 7.56 Å². The third-order valence-electron chi connectivity index (χ3n) is 4.62. The van der Waals surface area contributed by atoms with Crippen LogP contribution in [0.15, 0.2) is 24.3 Å². The van der Waals surface area contributed by atoms with Gasteiger partial charge >= 0.3 is 0 Å². The molecule has 3 nitrogen and oxygen atoms in total. The Labute approximate surface area is 161 Å². The number of hydrogen-bond donors (Lipinski definition) is 0. The minimum atomic E-state index is -1.45. The summed E-state index contributed by atoms with van der Waals surface area (Å²) in [6.45, 7) is 16.0. The predicted molar refractivity (Wildman–Crippen MR) is 104 cm³/mol. The van der Waals surface area contributed by atoms with Crippen molar-refractivity contribution in [2.24, 2.45) is 0 Å². The van der Waals surface area contributed by atoms with E-state index in [1.165, 1.54) is 17.2 Å². The molecule has 0 spiro atoms. The first-order chi connectivity index (χ1) is 10.5. The Morgan fingerprint density at radius 1 is 0.739 bits per heavy atom. The lowest BCUT2D eigenvalue weighted by Gasteiger charge is -2.41. The molecule has 0 bridgehead atoms. The van der Waals surface area contributed by atoms with Crippen molar-refractivity contribution in [3.05, 3.63) is 24.3 Å². The van der Waals surface area contributed by atoms with E-state index < -0.39 is 7.56 Å². The first-order valence-corrected chi connectivity index (χ1v) is 10.6. The smallest absolute Gasteiger partial charge is 0.185 e. The molecule has 0 heterocycles. The van der Waals surface area contributed by atoms with Gasteiger partial charge in [-0.15, -0.1) is 0 Å². The quantitative estimate of drug-likeness (QED) is 0.409. The van der Waals surface area contributed by atoms with Crippen molar-refractivity contribution in [3.63, 3.8) is 0 Å².